The number of rotatable bonds is 4. The minimum Gasteiger partial charge on any atom is -0.481 e. The lowest BCUT2D eigenvalue weighted by Crippen LogP contribution is -2.42. The Morgan fingerprint density at radius 2 is 1.67 bits per heavy atom. The molecule has 2 amide bonds. The smallest absolute Gasteiger partial charge is 0.416 e. The van der Waals surface area contributed by atoms with Crippen molar-refractivity contribution in [3.8, 4) is 0 Å². The second-order valence-corrected chi connectivity index (χ2v) is 4.59. The average molecular weight is 304 g/mol. The predicted octanol–water partition coefficient (Wildman–Crippen LogP) is 2.94. The van der Waals surface area contributed by atoms with E-state index in [0.717, 1.165) is 24.3 Å². The Balaban J connectivity index is 2.61. The summed E-state index contributed by atoms with van der Waals surface area (Å²) in [6, 6.07) is 2.62. The van der Waals surface area contributed by atoms with E-state index in [9.17, 15) is 22.8 Å². The van der Waals surface area contributed by atoms with Crippen LogP contribution in [0.25, 0.3) is 0 Å². The number of hydrogen-bond acceptors (Lipinski definition) is 2. The maximum absolute atomic E-state index is 12.4. The monoisotopic (exact) mass is 304 g/mol. The summed E-state index contributed by atoms with van der Waals surface area (Å²) in [5, 5.41) is 13.5. The van der Waals surface area contributed by atoms with Gasteiger partial charge in [-0.3, -0.25) is 4.79 Å². The van der Waals surface area contributed by atoms with Gasteiger partial charge in [0.25, 0.3) is 0 Å². The first-order chi connectivity index (χ1) is 9.61. The van der Waals surface area contributed by atoms with Crippen molar-refractivity contribution in [2.45, 2.75) is 26.1 Å². The number of carboxylic acid groups (broad SMARTS) is 1. The number of amides is 2. The van der Waals surface area contributed by atoms with Crippen molar-refractivity contribution < 1.29 is 27.9 Å². The SMILES string of the molecule is CC(NC(=O)Nc1ccc(C(F)(F)F)cc1)C(C)C(=O)O. The molecule has 0 heterocycles. The van der Waals surface area contributed by atoms with Crippen LogP contribution in [0.2, 0.25) is 0 Å². The Morgan fingerprint density at radius 3 is 2.10 bits per heavy atom. The second-order valence-electron chi connectivity index (χ2n) is 4.59. The maximum Gasteiger partial charge on any atom is 0.416 e. The van der Waals surface area contributed by atoms with Crippen LogP contribution in [0.15, 0.2) is 24.3 Å². The van der Waals surface area contributed by atoms with Gasteiger partial charge in [-0.1, -0.05) is 0 Å². The van der Waals surface area contributed by atoms with Crippen molar-refractivity contribution in [2.75, 3.05) is 5.32 Å². The van der Waals surface area contributed by atoms with E-state index in [1.165, 1.54) is 13.8 Å². The summed E-state index contributed by atoms with van der Waals surface area (Å²) in [5.74, 6) is -1.85. The molecule has 0 aromatic heterocycles. The third-order valence-corrected chi connectivity index (χ3v) is 2.97. The molecule has 0 bridgehead atoms. The molecule has 0 radical (unpaired) electrons. The van der Waals surface area contributed by atoms with E-state index in [1.807, 2.05) is 0 Å². The lowest BCUT2D eigenvalue weighted by atomic mass is 10.0. The molecule has 1 aromatic carbocycles. The first kappa shape index (κ1) is 16.8. The standard InChI is InChI=1S/C13H15F3N2O3/c1-7(11(19)20)8(2)17-12(21)18-10-5-3-9(4-6-10)13(14,15)16/h3-8H,1-2H3,(H,19,20)(H2,17,18,21). The number of hydrogen-bond donors (Lipinski definition) is 3. The van der Waals surface area contributed by atoms with E-state index in [-0.39, 0.29) is 5.69 Å². The predicted molar refractivity (Wildman–Crippen MR) is 69.9 cm³/mol. The molecule has 5 nitrogen and oxygen atoms in total. The van der Waals surface area contributed by atoms with Gasteiger partial charge in [-0.15, -0.1) is 0 Å². The van der Waals surface area contributed by atoms with Crippen molar-refractivity contribution in [3.05, 3.63) is 29.8 Å². The number of aliphatic carboxylic acids is 1. The minimum absolute atomic E-state index is 0.177. The highest BCUT2D eigenvalue weighted by molar-refractivity contribution is 5.89. The van der Waals surface area contributed by atoms with Crippen LogP contribution in [-0.2, 0) is 11.0 Å². The molecular formula is C13H15F3N2O3. The topological polar surface area (TPSA) is 78.4 Å². The van der Waals surface area contributed by atoms with Gasteiger partial charge in [-0.25, -0.2) is 4.79 Å². The van der Waals surface area contributed by atoms with Crippen LogP contribution in [0.4, 0.5) is 23.7 Å². The average Bonchev–Trinajstić information content (AvgIpc) is 2.36. The van der Waals surface area contributed by atoms with E-state index in [0.29, 0.717) is 0 Å². The summed E-state index contributed by atoms with van der Waals surface area (Å²) in [4.78, 5) is 22.3. The molecule has 2 unspecified atom stereocenters. The zero-order valence-corrected chi connectivity index (χ0v) is 11.4. The highest BCUT2D eigenvalue weighted by Crippen LogP contribution is 2.29. The molecular weight excluding hydrogens is 289 g/mol. The van der Waals surface area contributed by atoms with E-state index >= 15 is 0 Å². The number of carboxylic acids is 1. The van der Waals surface area contributed by atoms with Gasteiger partial charge in [0.05, 0.1) is 11.5 Å². The third-order valence-electron chi connectivity index (χ3n) is 2.97. The summed E-state index contributed by atoms with van der Waals surface area (Å²) < 4.78 is 37.1. The summed E-state index contributed by atoms with van der Waals surface area (Å²) in [7, 11) is 0. The van der Waals surface area contributed by atoms with Gasteiger partial charge in [-0.2, -0.15) is 13.2 Å². The minimum atomic E-state index is -4.44. The van der Waals surface area contributed by atoms with Crippen LogP contribution >= 0.6 is 0 Å². The largest absolute Gasteiger partial charge is 0.481 e. The number of carbonyl (C=O) groups excluding carboxylic acids is 1. The van der Waals surface area contributed by atoms with Crippen LogP contribution < -0.4 is 10.6 Å². The molecule has 0 saturated carbocycles. The maximum atomic E-state index is 12.4. The molecule has 21 heavy (non-hydrogen) atoms. The van der Waals surface area contributed by atoms with E-state index in [4.69, 9.17) is 5.11 Å². The van der Waals surface area contributed by atoms with E-state index in [2.05, 4.69) is 10.6 Å². The quantitative estimate of drug-likeness (QED) is 0.800. The highest BCUT2D eigenvalue weighted by atomic mass is 19.4. The number of alkyl halides is 3. The molecule has 0 aliphatic rings. The van der Waals surface area contributed by atoms with Crippen LogP contribution in [0.1, 0.15) is 19.4 Å². The van der Waals surface area contributed by atoms with Crippen LogP contribution in [0.5, 0.6) is 0 Å². The summed E-state index contributed by atoms with van der Waals surface area (Å²) in [6.45, 7) is 2.95. The van der Waals surface area contributed by atoms with E-state index in [1.54, 1.807) is 0 Å². The summed E-state index contributed by atoms with van der Waals surface area (Å²) >= 11 is 0. The Labute approximate surface area is 119 Å². The van der Waals surface area contributed by atoms with Gasteiger partial charge >= 0.3 is 18.2 Å². The molecule has 2 atom stereocenters. The van der Waals surface area contributed by atoms with Gasteiger partial charge < -0.3 is 15.7 Å². The Morgan fingerprint density at radius 1 is 1.14 bits per heavy atom. The van der Waals surface area contributed by atoms with Crippen molar-refractivity contribution in [3.63, 3.8) is 0 Å². The second kappa shape index (κ2) is 6.47. The molecule has 0 saturated heterocycles. The number of nitrogens with one attached hydrogen (secondary N) is 2. The first-order valence-corrected chi connectivity index (χ1v) is 6.09. The van der Waals surface area contributed by atoms with Gasteiger partial charge in [-0.05, 0) is 38.1 Å². The molecule has 8 heteroatoms. The van der Waals surface area contributed by atoms with Gasteiger partial charge in [0.2, 0.25) is 0 Å². The molecule has 3 N–H and O–H groups in total. The zero-order chi connectivity index (χ0) is 16.2. The number of halogens is 3. The number of benzene rings is 1. The number of carbonyl (C=O) groups is 2. The molecule has 0 fully saturated rings. The Hall–Kier alpha value is -2.25. The van der Waals surface area contributed by atoms with Crippen molar-refractivity contribution >= 4 is 17.7 Å². The number of urea groups is 1. The van der Waals surface area contributed by atoms with Gasteiger partial charge in [0.1, 0.15) is 0 Å². The Bertz CT molecular complexity index is 514. The molecule has 116 valence electrons. The van der Waals surface area contributed by atoms with Gasteiger partial charge in [0.15, 0.2) is 0 Å². The van der Waals surface area contributed by atoms with Crippen molar-refractivity contribution in [2.24, 2.45) is 5.92 Å². The lowest BCUT2D eigenvalue weighted by molar-refractivity contribution is -0.141. The first-order valence-electron chi connectivity index (χ1n) is 6.09. The fraction of sp³-hybridized carbons (Fsp3) is 0.385. The molecule has 1 rings (SSSR count). The summed E-state index contributed by atoms with van der Waals surface area (Å²) in [6.07, 6.45) is -4.44. The molecule has 0 aliphatic heterocycles. The van der Waals surface area contributed by atoms with Crippen LogP contribution in [0.3, 0.4) is 0 Å². The van der Waals surface area contributed by atoms with E-state index < -0.39 is 35.7 Å². The van der Waals surface area contributed by atoms with Crippen molar-refractivity contribution in [1.29, 1.82) is 0 Å². The Kier molecular flexibility index (Phi) is 5.17. The lowest BCUT2D eigenvalue weighted by Gasteiger charge is -2.18. The van der Waals surface area contributed by atoms with Crippen LogP contribution in [-0.4, -0.2) is 23.1 Å². The fourth-order valence-corrected chi connectivity index (χ4v) is 1.46. The highest BCUT2D eigenvalue weighted by Gasteiger charge is 2.30. The van der Waals surface area contributed by atoms with Crippen molar-refractivity contribution in [1.82, 2.24) is 5.32 Å². The third kappa shape index (κ3) is 4.97. The van der Waals surface area contributed by atoms with Gasteiger partial charge in [0, 0.05) is 11.7 Å². The summed E-state index contributed by atoms with van der Waals surface area (Å²) in [5.41, 5.74) is -0.642. The molecule has 0 aliphatic carbocycles. The van der Waals surface area contributed by atoms with Crippen LogP contribution in [0, 0.1) is 5.92 Å². The number of anilines is 1. The molecule has 0 spiro atoms. The normalized spacial score (nSPS) is 14.1. The fourth-order valence-electron chi connectivity index (χ4n) is 1.46. The molecule has 1 aromatic rings. The zero-order valence-electron chi connectivity index (χ0n) is 11.4.